The van der Waals surface area contributed by atoms with Gasteiger partial charge >= 0.3 is 0 Å². The Labute approximate surface area is 83.4 Å². The Hall–Kier alpha value is -0.300. The van der Waals surface area contributed by atoms with Crippen molar-refractivity contribution in [3.63, 3.8) is 0 Å². The standard InChI is InChI=1S/C12H25N/c1-3-5-6-7-8-9-11-12(13)10-4-2/h3,12H,1,4-11,13H2,2H3. The van der Waals surface area contributed by atoms with Crippen LogP contribution in [0.2, 0.25) is 0 Å². The minimum Gasteiger partial charge on any atom is -0.328 e. The molecule has 78 valence electrons. The Morgan fingerprint density at radius 3 is 2.46 bits per heavy atom. The maximum Gasteiger partial charge on any atom is 0.00387 e. The maximum absolute atomic E-state index is 5.91. The van der Waals surface area contributed by atoms with E-state index in [4.69, 9.17) is 5.73 Å². The molecule has 13 heavy (non-hydrogen) atoms. The van der Waals surface area contributed by atoms with Crippen molar-refractivity contribution in [3.8, 4) is 0 Å². The lowest BCUT2D eigenvalue weighted by molar-refractivity contribution is 0.514. The van der Waals surface area contributed by atoms with E-state index in [2.05, 4.69) is 13.5 Å². The molecule has 0 bridgehead atoms. The van der Waals surface area contributed by atoms with Gasteiger partial charge < -0.3 is 5.73 Å². The predicted molar refractivity (Wildman–Crippen MR) is 60.8 cm³/mol. The third-order valence-electron chi connectivity index (χ3n) is 2.39. The summed E-state index contributed by atoms with van der Waals surface area (Å²) in [6.45, 7) is 5.91. The van der Waals surface area contributed by atoms with E-state index in [9.17, 15) is 0 Å². The largest absolute Gasteiger partial charge is 0.328 e. The number of allylic oxidation sites excluding steroid dienone is 1. The number of hydrogen-bond acceptors (Lipinski definition) is 1. The molecule has 0 saturated carbocycles. The maximum atomic E-state index is 5.91. The van der Waals surface area contributed by atoms with Crippen LogP contribution in [0.1, 0.15) is 58.3 Å². The van der Waals surface area contributed by atoms with Crippen LogP contribution >= 0.6 is 0 Å². The van der Waals surface area contributed by atoms with E-state index >= 15 is 0 Å². The van der Waals surface area contributed by atoms with Crippen molar-refractivity contribution in [2.45, 2.75) is 64.3 Å². The first-order valence-corrected chi connectivity index (χ1v) is 5.67. The van der Waals surface area contributed by atoms with Crippen LogP contribution in [-0.4, -0.2) is 6.04 Å². The van der Waals surface area contributed by atoms with Gasteiger partial charge in [0.05, 0.1) is 0 Å². The molecule has 0 radical (unpaired) electrons. The highest BCUT2D eigenvalue weighted by Crippen LogP contribution is 2.08. The van der Waals surface area contributed by atoms with Gasteiger partial charge in [0.1, 0.15) is 0 Å². The average Bonchev–Trinajstić information content (AvgIpc) is 2.11. The average molecular weight is 183 g/mol. The zero-order valence-corrected chi connectivity index (χ0v) is 9.10. The van der Waals surface area contributed by atoms with E-state index in [0.29, 0.717) is 6.04 Å². The van der Waals surface area contributed by atoms with Crippen molar-refractivity contribution in [2.75, 3.05) is 0 Å². The predicted octanol–water partition coefficient (Wildman–Crippen LogP) is 3.64. The molecule has 0 amide bonds. The van der Waals surface area contributed by atoms with Crippen LogP contribution < -0.4 is 5.73 Å². The normalized spacial score (nSPS) is 12.8. The van der Waals surface area contributed by atoms with Crippen LogP contribution in [0.3, 0.4) is 0 Å². The summed E-state index contributed by atoms with van der Waals surface area (Å²) in [5.74, 6) is 0. The van der Waals surface area contributed by atoms with Gasteiger partial charge in [0.15, 0.2) is 0 Å². The SMILES string of the molecule is C=CCCCCCCC(N)CCC. The highest BCUT2D eigenvalue weighted by molar-refractivity contribution is 4.66. The summed E-state index contributed by atoms with van der Waals surface area (Å²) in [6.07, 6.45) is 12.1. The molecule has 0 aliphatic rings. The summed E-state index contributed by atoms with van der Waals surface area (Å²) in [5.41, 5.74) is 5.91. The summed E-state index contributed by atoms with van der Waals surface area (Å²) in [5, 5.41) is 0. The molecule has 0 saturated heterocycles. The minimum absolute atomic E-state index is 0.449. The lowest BCUT2D eigenvalue weighted by Gasteiger charge is -2.08. The van der Waals surface area contributed by atoms with E-state index in [-0.39, 0.29) is 0 Å². The molecular formula is C12H25N. The van der Waals surface area contributed by atoms with E-state index in [1.807, 2.05) is 6.08 Å². The first-order valence-electron chi connectivity index (χ1n) is 5.67. The molecule has 0 fully saturated rings. The van der Waals surface area contributed by atoms with Gasteiger partial charge in [0, 0.05) is 6.04 Å². The van der Waals surface area contributed by atoms with Gasteiger partial charge in [-0.15, -0.1) is 6.58 Å². The third-order valence-corrected chi connectivity index (χ3v) is 2.39. The van der Waals surface area contributed by atoms with Crippen LogP contribution in [0.25, 0.3) is 0 Å². The molecular weight excluding hydrogens is 158 g/mol. The van der Waals surface area contributed by atoms with Crippen LogP contribution in [0.15, 0.2) is 12.7 Å². The zero-order chi connectivity index (χ0) is 9.94. The number of nitrogens with two attached hydrogens (primary N) is 1. The third kappa shape index (κ3) is 9.62. The number of unbranched alkanes of at least 4 members (excludes halogenated alkanes) is 4. The fraction of sp³-hybridized carbons (Fsp3) is 0.833. The first-order chi connectivity index (χ1) is 6.31. The highest BCUT2D eigenvalue weighted by atomic mass is 14.6. The fourth-order valence-electron chi connectivity index (χ4n) is 1.56. The smallest absolute Gasteiger partial charge is 0.00387 e. The van der Waals surface area contributed by atoms with Crippen LogP contribution in [0.4, 0.5) is 0 Å². The van der Waals surface area contributed by atoms with Gasteiger partial charge in [-0.3, -0.25) is 0 Å². The highest BCUT2D eigenvalue weighted by Gasteiger charge is 1.99. The summed E-state index contributed by atoms with van der Waals surface area (Å²) < 4.78 is 0. The number of rotatable bonds is 9. The van der Waals surface area contributed by atoms with Crippen molar-refractivity contribution in [1.82, 2.24) is 0 Å². The Morgan fingerprint density at radius 1 is 1.15 bits per heavy atom. The van der Waals surface area contributed by atoms with Crippen molar-refractivity contribution in [3.05, 3.63) is 12.7 Å². The Balaban J connectivity index is 3.01. The van der Waals surface area contributed by atoms with Crippen molar-refractivity contribution < 1.29 is 0 Å². The molecule has 1 atom stereocenters. The first kappa shape index (κ1) is 12.7. The van der Waals surface area contributed by atoms with Crippen molar-refractivity contribution in [1.29, 1.82) is 0 Å². The van der Waals surface area contributed by atoms with Crippen LogP contribution in [-0.2, 0) is 0 Å². The molecule has 1 nitrogen and oxygen atoms in total. The second-order valence-corrected chi connectivity index (χ2v) is 3.83. The second kappa shape index (κ2) is 9.79. The van der Waals surface area contributed by atoms with E-state index in [1.165, 1.54) is 51.4 Å². The fourth-order valence-corrected chi connectivity index (χ4v) is 1.56. The van der Waals surface area contributed by atoms with Gasteiger partial charge in [0.2, 0.25) is 0 Å². The van der Waals surface area contributed by atoms with Crippen molar-refractivity contribution in [2.24, 2.45) is 5.73 Å². The lowest BCUT2D eigenvalue weighted by Crippen LogP contribution is -2.18. The van der Waals surface area contributed by atoms with Gasteiger partial charge in [-0.2, -0.15) is 0 Å². The monoisotopic (exact) mass is 183 g/mol. The second-order valence-electron chi connectivity index (χ2n) is 3.83. The molecule has 0 aliphatic carbocycles. The quantitative estimate of drug-likeness (QED) is 0.428. The summed E-state index contributed by atoms with van der Waals surface area (Å²) in [6, 6.07) is 0.449. The van der Waals surface area contributed by atoms with Gasteiger partial charge in [-0.05, 0) is 25.7 Å². The molecule has 1 heteroatoms. The molecule has 0 aromatic rings. The number of hydrogen-bond donors (Lipinski definition) is 1. The molecule has 0 spiro atoms. The Morgan fingerprint density at radius 2 is 1.85 bits per heavy atom. The summed E-state index contributed by atoms with van der Waals surface area (Å²) in [7, 11) is 0. The van der Waals surface area contributed by atoms with Crippen molar-refractivity contribution >= 4 is 0 Å². The zero-order valence-electron chi connectivity index (χ0n) is 9.10. The van der Waals surface area contributed by atoms with Gasteiger partial charge in [-0.25, -0.2) is 0 Å². The van der Waals surface area contributed by atoms with E-state index in [1.54, 1.807) is 0 Å². The molecule has 0 rings (SSSR count). The van der Waals surface area contributed by atoms with E-state index < -0.39 is 0 Å². The Bertz CT molecular complexity index is 110. The van der Waals surface area contributed by atoms with Crippen LogP contribution in [0.5, 0.6) is 0 Å². The molecule has 0 heterocycles. The summed E-state index contributed by atoms with van der Waals surface area (Å²) >= 11 is 0. The minimum atomic E-state index is 0.449. The van der Waals surface area contributed by atoms with Crippen LogP contribution in [0, 0.1) is 0 Å². The Kier molecular flexibility index (Phi) is 9.56. The van der Waals surface area contributed by atoms with Gasteiger partial charge in [-0.1, -0.05) is 38.7 Å². The molecule has 2 N–H and O–H groups in total. The molecule has 0 aliphatic heterocycles. The van der Waals surface area contributed by atoms with E-state index in [0.717, 1.165) is 0 Å². The molecule has 0 aromatic carbocycles. The van der Waals surface area contributed by atoms with Gasteiger partial charge in [0.25, 0.3) is 0 Å². The molecule has 1 unspecified atom stereocenters. The topological polar surface area (TPSA) is 26.0 Å². The molecule has 0 aromatic heterocycles. The lowest BCUT2D eigenvalue weighted by atomic mass is 10.0. The summed E-state index contributed by atoms with van der Waals surface area (Å²) in [4.78, 5) is 0.